The smallest absolute Gasteiger partial charge is 0.197 e. The molecule has 0 atom stereocenters. The Balaban J connectivity index is 2.14. The molecule has 2 aromatic rings. The van der Waals surface area contributed by atoms with Crippen molar-refractivity contribution in [3.05, 3.63) is 84.1 Å². The summed E-state index contributed by atoms with van der Waals surface area (Å²) in [6, 6.07) is 20.6. The van der Waals surface area contributed by atoms with Gasteiger partial charge in [0.1, 0.15) is 0 Å². The SMILES string of the molecule is C=C1N(CCCC)C(N)=NC1(c1ccccc1)c1ccccc1. The summed E-state index contributed by atoms with van der Waals surface area (Å²) in [6.45, 7) is 7.40. The van der Waals surface area contributed by atoms with E-state index in [1.165, 1.54) is 0 Å². The summed E-state index contributed by atoms with van der Waals surface area (Å²) in [4.78, 5) is 6.96. The number of rotatable bonds is 5. The molecule has 0 radical (unpaired) electrons. The van der Waals surface area contributed by atoms with E-state index >= 15 is 0 Å². The minimum absolute atomic E-state index is 0.552. The highest BCUT2D eigenvalue weighted by Crippen LogP contribution is 2.44. The largest absolute Gasteiger partial charge is 0.369 e. The highest BCUT2D eigenvalue weighted by Gasteiger charge is 2.45. The van der Waals surface area contributed by atoms with Crippen LogP contribution >= 0.6 is 0 Å². The van der Waals surface area contributed by atoms with Gasteiger partial charge in [-0.05, 0) is 17.5 Å². The maximum Gasteiger partial charge on any atom is 0.197 e. The van der Waals surface area contributed by atoms with E-state index in [0.29, 0.717) is 5.96 Å². The average Bonchev–Trinajstić information content (AvgIpc) is 2.86. The lowest BCUT2D eigenvalue weighted by atomic mass is 9.81. The molecule has 0 aromatic heterocycles. The third kappa shape index (κ3) is 2.52. The van der Waals surface area contributed by atoms with Crippen LogP contribution in [0.4, 0.5) is 0 Å². The molecule has 118 valence electrons. The maximum atomic E-state index is 6.28. The predicted molar refractivity (Wildman–Crippen MR) is 96.0 cm³/mol. The molecule has 1 aliphatic heterocycles. The zero-order valence-electron chi connectivity index (χ0n) is 13.6. The molecule has 0 saturated carbocycles. The van der Waals surface area contributed by atoms with Crippen LogP contribution < -0.4 is 5.73 Å². The van der Waals surface area contributed by atoms with E-state index in [4.69, 9.17) is 10.7 Å². The van der Waals surface area contributed by atoms with Crippen LogP contribution in [0.3, 0.4) is 0 Å². The van der Waals surface area contributed by atoms with Gasteiger partial charge in [-0.3, -0.25) is 0 Å². The van der Waals surface area contributed by atoms with Gasteiger partial charge >= 0.3 is 0 Å². The van der Waals surface area contributed by atoms with Crippen LogP contribution in [0.1, 0.15) is 30.9 Å². The number of unbranched alkanes of at least 4 members (excludes halogenated alkanes) is 1. The highest BCUT2D eigenvalue weighted by atomic mass is 15.3. The first-order valence-corrected chi connectivity index (χ1v) is 8.13. The molecular weight excluding hydrogens is 282 g/mol. The summed E-state index contributed by atoms with van der Waals surface area (Å²) in [5.41, 5.74) is 8.77. The monoisotopic (exact) mass is 305 g/mol. The van der Waals surface area contributed by atoms with Crippen molar-refractivity contribution in [2.45, 2.75) is 25.3 Å². The molecule has 0 bridgehead atoms. The zero-order chi connectivity index (χ0) is 16.3. The third-order valence-electron chi connectivity index (χ3n) is 4.42. The Morgan fingerprint density at radius 2 is 1.52 bits per heavy atom. The fourth-order valence-electron chi connectivity index (χ4n) is 3.18. The first kappa shape index (κ1) is 15.3. The fraction of sp³-hybridized carbons (Fsp3) is 0.250. The standard InChI is InChI=1S/C20H23N3/c1-3-4-15-23-16(2)20(22-19(23)21,17-11-7-5-8-12-17)18-13-9-6-10-14-18/h5-14H,2-4,15H2,1H3,(H2,21,22). The summed E-state index contributed by atoms with van der Waals surface area (Å²) in [5, 5.41) is 0. The topological polar surface area (TPSA) is 41.6 Å². The van der Waals surface area contributed by atoms with Crippen LogP contribution in [0.15, 0.2) is 77.9 Å². The molecule has 0 fully saturated rings. The van der Waals surface area contributed by atoms with Crippen LogP contribution in [-0.4, -0.2) is 17.4 Å². The molecule has 0 saturated heterocycles. The van der Waals surface area contributed by atoms with E-state index in [-0.39, 0.29) is 0 Å². The van der Waals surface area contributed by atoms with Crippen molar-refractivity contribution in [1.82, 2.24) is 4.90 Å². The summed E-state index contributed by atoms with van der Waals surface area (Å²) < 4.78 is 0. The second kappa shape index (κ2) is 6.29. The molecule has 3 rings (SSSR count). The van der Waals surface area contributed by atoms with Gasteiger partial charge in [-0.25, -0.2) is 4.99 Å². The molecule has 2 N–H and O–H groups in total. The average molecular weight is 305 g/mol. The molecule has 0 aliphatic carbocycles. The summed E-state index contributed by atoms with van der Waals surface area (Å²) in [6.07, 6.45) is 2.18. The van der Waals surface area contributed by atoms with Crippen molar-refractivity contribution in [2.24, 2.45) is 10.7 Å². The Bertz CT molecular complexity index is 665. The van der Waals surface area contributed by atoms with Crippen molar-refractivity contribution in [3.8, 4) is 0 Å². The minimum Gasteiger partial charge on any atom is -0.369 e. The normalized spacial score (nSPS) is 16.5. The lowest BCUT2D eigenvalue weighted by molar-refractivity contribution is 0.457. The van der Waals surface area contributed by atoms with E-state index in [0.717, 1.165) is 36.2 Å². The molecular formula is C20H23N3. The molecule has 0 spiro atoms. The number of benzene rings is 2. The van der Waals surface area contributed by atoms with Crippen LogP contribution in [0.5, 0.6) is 0 Å². The Morgan fingerprint density at radius 3 is 2.00 bits per heavy atom. The Hall–Kier alpha value is -2.55. The van der Waals surface area contributed by atoms with Crippen LogP contribution in [0.2, 0.25) is 0 Å². The number of hydrogen-bond donors (Lipinski definition) is 1. The Labute approximate surface area is 138 Å². The van der Waals surface area contributed by atoms with Crippen molar-refractivity contribution in [1.29, 1.82) is 0 Å². The van der Waals surface area contributed by atoms with Crippen LogP contribution in [0, 0.1) is 0 Å². The summed E-state index contributed by atoms with van der Waals surface area (Å²) in [7, 11) is 0. The second-order valence-electron chi connectivity index (χ2n) is 5.86. The van der Waals surface area contributed by atoms with Crippen molar-refractivity contribution >= 4 is 5.96 Å². The number of aliphatic imine (C=N–C) groups is 1. The van der Waals surface area contributed by atoms with Gasteiger partial charge in [-0.15, -0.1) is 0 Å². The zero-order valence-corrected chi connectivity index (χ0v) is 13.6. The van der Waals surface area contributed by atoms with Gasteiger partial charge in [0, 0.05) is 6.54 Å². The van der Waals surface area contributed by atoms with Crippen molar-refractivity contribution < 1.29 is 0 Å². The molecule has 1 aliphatic rings. The first-order chi connectivity index (χ1) is 11.2. The van der Waals surface area contributed by atoms with E-state index in [9.17, 15) is 0 Å². The van der Waals surface area contributed by atoms with Gasteiger partial charge < -0.3 is 10.6 Å². The van der Waals surface area contributed by atoms with Gasteiger partial charge in [0.05, 0.1) is 5.70 Å². The molecule has 3 nitrogen and oxygen atoms in total. The van der Waals surface area contributed by atoms with Gasteiger partial charge in [0.15, 0.2) is 11.5 Å². The quantitative estimate of drug-likeness (QED) is 0.911. The fourth-order valence-corrected chi connectivity index (χ4v) is 3.18. The maximum absolute atomic E-state index is 6.28. The van der Waals surface area contributed by atoms with Crippen LogP contribution in [0.25, 0.3) is 0 Å². The lowest BCUT2D eigenvalue weighted by Gasteiger charge is -2.31. The predicted octanol–water partition coefficient (Wildman–Crippen LogP) is 3.87. The highest BCUT2D eigenvalue weighted by molar-refractivity contribution is 5.85. The number of hydrogen-bond acceptors (Lipinski definition) is 3. The van der Waals surface area contributed by atoms with Crippen LogP contribution in [-0.2, 0) is 5.54 Å². The molecule has 2 aromatic carbocycles. The molecule has 1 heterocycles. The van der Waals surface area contributed by atoms with E-state index in [1.54, 1.807) is 0 Å². The minimum atomic E-state index is -0.625. The molecule has 0 unspecified atom stereocenters. The Morgan fingerprint density at radius 1 is 1.00 bits per heavy atom. The number of nitrogens with zero attached hydrogens (tertiary/aromatic N) is 2. The van der Waals surface area contributed by atoms with Gasteiger partial charge in [-0.1, -0.05) is 80.6 Å². The molecule has 3 heteroatoms. The van der Waals surface area contributed by atoms with Crippen molar-refractivity contribution in [2.75, 3.05) is 6.54 Å². The van der Waals surface area contributed by atoms with Gasteiger partial charge in [0.2, 0.25) is 0 Å². The number of nitrogens with two attached hydrogens (primary N) is 1. The third-order valence-corrected chi connectivity index (χ3v) is 4.42. The van der Waals surface area contributed by atoms with E-state index in [2.05, 4.69) is 42.7 Å². The van der Waals surface area contributed by atoms with Crippen molar-refractivity contribution in [3.63, 3.8) is 0 Å². The lowest BCUT2D eigenvalue weighted by Crippen LogP contribution is -2.35. The number of guanidine groups is 1. The summed E-state index contributed by atoms with van der Waals surface area (Å²) >= 11 is 0. The molecule has 0 amide bonds. The van der Waals surface area contributed by atoms with E-state index < -0.39 is 5.54 Å². The summed E-state index contributed by atoms with van der Waals surface area (Å²) in [5.74, 6) is 0.552. The van der Waals surface area contributed by atoms with Gasteiger partial charge in [0.25, 0.3) is 0 Å². The first-order valence-electron chi connectivity index (χ1n) is 8.13. The Kier molecular flexibility index (Phi) is 4.20. The molecule has 23 heavy (non-hydrogen) atoms. The second-order valence-corrected chi connectivity index (χ2v) is 5.86. The van der Waals surface area contributed by atoms with E-state index in [1.807, 2.05) is 36.4 Å². The van der Waals surface area contributed by atoms with Gasteiger partial charge in [-0.2, -0.15) is 0 Å².